The Balaban J connectivity index is 1.68. The van der Waals surface area contributed by atoms with E-state index in [1.807, 2.05) is 0 Å². The Kier molecular flexibility index (Phi) is 10.9. The lowest BCUT2D eigenvalue weighted by Crippen LogP contribution is -2.36. The molecule has 0 bridgehead atoms. The van der Waals surface area contributed by atoms with Crippen molar-refractivity contribution in [2.45, 2.75) is 95.7 Å². The maximum Gasteiger partial charge on any atom is 0.351 e. The van der Waals surface area contributed by atoms with Gasteiger partial charge in [-0.05, 0) is 6.42 Å². The van der Waals surface area contributed by atoms with Crippen LogP contribution in [0.1, 0.15) is 77.4 Å². The molecule has 0 aliphatic carbocycles. The van der Waals surface area contributed by atoms with Gasteiger partial charge in [0.2, 0.25) is 0 Å². The van der Waals surface area contributed by atoms with Crippen molar-refractivity contribution in [3.8, 4) is 0 Å². The number of aromatic nitrogens is 2. The van der Waals surface area contributed by atoms with E-state index in [1.165, 1.54) is 50.8 Å². The fourth-order valence-corrected chi connectivity index (χ4v) is 3.51. The van der Waals surface area contributed by atoms with Crippen molar-refractivity contribution >= 4 is 11.8 Å². The first-order valence-electron chi connectivity index (χ1n) is 11.1. The Morgan fingerprint density at radius 3 is 2.35 bits per heavy atom. The Labute approximate surface area is 182 Å². The van der Waals surface area contributed by atoms with Crippen LogP contribution in [0.25, 0.3) is 0 Å². The quantitative estimate of drug-likeness (QED) is 0.250. The molecule has 176 valence electrons. The van der Waals surface area contributed by atoms with Crippen LogP contribution in [0.15, 0.2) is 17.1 Å². The van der Waals surface area contributed by atoms with Crippen LogP contribution in [0.4, 0.5) is 5.82 Å². The Bertz CT molecular complexity index is 727. The van der Waals surface area contributed by atoms with E-state index in [-0.39, 0.29) is 12.2 Å². The highest BCUT2D eigenvalue weighted by Crippen LogP contribution is 2.28. The van der Waals surface area contributed by atoms with Crippen LogP contribution in [0.5, 0.6) is 0 Å². The maximum absolute atomic E-state index is 12.2. The molecule has 0 amide bonds. The lowest BCUT2D eigenvalue weighted by atomic mass is 10.1. The van der Waals surface area contributed by atoms with Gasteiger partial charge in [0.25, 0.3) is 0 Å². The average Bonchev–Trinajstić information content (AvgIpc) is 3.05. The van der Waals surface area contributed by atoms with Gasteiger partial charge < -0.3 is 24.9 Å². The Morgan fingerprint density at radius 1 is 1.13 bits per heavy atom. The van der Waals surface area contributed by atoms with Gasteiger partial charge in [0.1, 0.15) is 18.3 Å². The zero-order valence-electron chi connectivity index (χ0n) is 18.1. The summed E-state index contributed by atoms with van der Waals surface area (Å²) in [5.74, 6) is -0.397. The zero-order valence-corrected chi connectivity index (χ0v) is 18.1. The molecule has 1 aliphatic rings. The minimum Gasteiger partial charge on any atom is -0.394 e. The van der Waals surface area contributed by atoms with Crippen molar-refractivity contribution in [3.63, 3.8) is 0 Å². The third-order valence-corrected chi connectivity index (χ3v) is 5.38. The molecule has 1 aromatic heterocycles. The predicted octanol–water partition coefficient (Wildman–Crippen LogP) is 1.65. The van der Waals surface area contributed by atoms with Gasteiger partial charge in [-0.1, -0.05) is 58.3 Å². The van der Waals surface area contributed by atoms with Crippen LogP contribution in [0.3, 0.4) is 0 Å². The molecule has 2 rings (SSSR count). The second-order valence-corrected chi connectivity index (χ2v) is 7.89. The van der Waals surface area contributed by atoms with Gasteiger partial charge in [-0.2, -0.15) is 4.98 Å². The number of ether oxygens (including phenoxy) is 1. The number of aliphatic hydroxyl groups is 3. The summed E-state index contributed by atoms with van der Waals surface area (Å²) >= 11 is 0. The minimum absolute atomic E-state index is 0.0356. The summed E-state index contributed by atoms with van der Waals surface area (Å²) in [5.41, 5.74) is 1.59. The molecule has 10 heteroatoms. The maximum atomic E-state index is 12.2. The Morgan fingerprint density at radius 2 is 1.77 bits per heavy atom. The van der Waals surface area contributed by atoms with Crippen LogP contribution in [-0.4, -0.2) is 55.8 Å². The monoisotopic (exact) mass is 441 g/mol. The number of nitrogens with one attached hydrogen (secondary N) is 1. The molecule has 31 heavy (non-hydrogen) atoms. The van der Waals surface area contributed by atoms with E-state index in [2.05, 4.69) is 17.4 Å². The highest BCUT2D eigenvalue weighted by molar-refractivity contribution is 5.70. The van der Waals surface area contributed by atoms with E-state index in [0.29, 0.717) is 0 Å². The smallest absolute Gasteiger partial charge is 0.351 e. The number of nitrogens with zero attached hydrogens (tertiary/aromatic N) is 2. The van der Waals surface area contributed by atoms with Gasteiger partial charge in [0.05, 0.1) is 6.61 Å². The lowest BCUT2D eigenvalue weighted by Gasteiger charge is -2.17. The first-order valence-corrected chi connectivity index (χ1v) is 11.1. The van der Waals surface area contributed by atoms with Gasteiger partial charge in [-0.15, -0.1) is 0 Å². The van der Waals surface area contributed by atoms with Gasteiger partial charge in [-0.25, -0.2) is 15.1 Å². The first-order chi connectivity index (χ1) is 15.0. The summed E-state index contributed by atoms with van der Waals surface area (Å²) in [5, 5.41) is 29.0. The molecule has 0 radical (unpaired) electrons. The number of aliphatic hydroxyl groups excluding tert-OH is 3. The number of carbonyl (C=O) groups excluding carboxylic acids is 1. The van der Waals surface area contributed by atoms with Crippen molar-refractivity contribution in [2.24, 2.45) is 0 Å². The molecule has 0 saturated carbocycles. The van der Waals surface area contributed by atoms with Crippen LogP contribution in [0, 0.1) is 0 Å². The van der Waals surface area contributed by atoms with Crippen molar-refractivity contribution in [3.05, 3.63) is 22.7 Å². The highest BCUT2D eigenvalue weighted by atomic mass is 16.7. The van der Waals surface area contributed by atoms with Gasteiger partial charge in [0.15, 0.2) is 12.0 Å². The Hall–Kier alpha value is -2.01. The fourth-order valence-electron chi connectivity index (χ4n) is 3.51. The van der Waals surface area contributed by atoms with Gasteiger partial charge in [0, 0.05) is 18.7 Å². The lowest BCUT2D eigenvalue weighted by molar-refractivity contribution is -0.140. The zero-order chi connectivity index (χ0) is 22.6. The predicted molar refractivity (Wildman–Crippen MR) is 113 cm³/mol. The number of anilines is 1. The topological polar surface area (TPSA) is 143 Å². The largest absolute Gasteiger partial charge is 0.394 e. The number of rotatable bonds is 14. The highest BCUT2D eigenvalue weighted by Gasteiger charge is 2.43. The summed E-state index contributed by atoms with van der Waals surface area (Å²) in [7, 11) is 0. The van der Waals surface area contributed by atoms with Crippen LogP contribution in [-0.2, 0) is 14.4 Å². The van der Waals surface area contributed by atoms with Crippen molar-refractivity contribution in [2.75, 3.05) is 12.1 Å². The molecular formula is C21H35N3O7. The van der Waals surface area contributed by atoms with E-state index in [4.69, 9.17) is 14.7 Å². The van der Waals surface area contributed by atoms with Crippen LogP contribution < -0.4 is 11.2 Å². The van der Waals surface area contributed by atoms with E-state index >= 15 is 0 Å². The van der Waals surface area contributed by atoms with Gasteiger partial charge >= 0.3 is 11.7 Å². The molecular weight excluding hydrogens is 406 g/mol. The molecule has 4 N–H and O–H groups in total. The molecule has 0 spiro atoms. The first kappa shape index (κ1) is 25.3. The second kappa shape index (κ2) is 13.4. The number of carbonyl (C=O) groups is 1. The van der Waals surface area contributed by atoms with E-state index < -0.39 is 42.8 Å². The third-order valence-electron chi connectivity index (χ3n) is 5.38. The molecule has 0 unspecified atom stereocenters. The molecule has 1 fully saturated rings. The summed E-state index contributed by atoms with van der Waals surface area (Å²) in [6.07, 6.45) is 7.09. The summed E-state index contributed by atoms with van der Waals surface area (Å²) in [6.45, 7) is 1.71. The number of unbranched alkanes of at least 4 members (excludes halogenated alkanes) is 8. The number of hydrogen-bond acceptors (Lipinski definition) is 9. The summed E-state index contributed by atoms with van der Waals surface area (Å²) in [4.78, 5) is 32.7. The minimum atomic E-state index is -1.38. The summed E-state index contributed by atoms with van der Waals surface area (Å²) in [6, 6.07) is 1.38. The second-order valence-electron chi connectivity index (χ2n) is 7.89. The molecule has 2 heterocycles. The third kappa shape index (κ3) is 7.88. The molecule has 10 nitrogen and oxygen atoms in total. The van der Waals surface area contributed by atoms with Crippen molar-refractivity contribution in [1.29, 1.82) is 0 Å². The fraction of sp³-hybridized carbons (Fsp3) is 0.762. The summed E-state index contributed by atoms with van der Waals surface area (Å²) < 4.78 is 6.30. The van der Waals surface area contributed by atoms with Crippen molar-refractivity contribution in [1.82, 2.24) is 9.55 Å². The van der Waals surface area contributed by atoms with Crippen LogP contribution >= 0.6 is 0 Å². The molecule has 1 saturated heterocycles. The van der Waals surface area contributed by atoms with E-state index in [0.717, 1.165) is 23.8 Å². The average molecular weight is 442 g/mol. The molecule has 4 atom stereocenters. The van der Waals surface area contributed by atoms with Crippen molar-refractivity contribution < 1.29 is 29.7 Å². The SMILES string of the molecule is CCCCCCCCCCCC(=O)ONc1ccn([C@@H]2O[C@H](CO)[C@@H](O)[C@H]2O)c(=O)n1. The van der Waals surface area contributed by atoms with E-state index in [1.54, 1.807) is 0 Å². The number of hydrogen-bond donors (Lipinski definition) is 4. The molecule has 0 aromatic carbocycles. The van der Waals surface area contributed by atoms with E-state index in [9.17, 15) is 19.8 Å². The van der Waals surface area contributed by atoms with Gasteiger partial charge in [-0.3, -0.25) is 4.57 Å². The van der Waals surface area contributed by atoms with Crippen LogP contribution in [0.2, 0.25) is 0 Å². The molecule has 1 aromatic rings. The normalized spacial score (nSPS) is 23.1. The standard InChI is InChI=1S/C21H35N3O7/c1-2-3-4-5-6-7-8-9-10-11-17(26)31-23-16-12-13-24(21(29)22-16)20-19(28)18(27)15(14-25)30-20/h12-13,15,18-20,25,27-28H,2-11,14H2,1H3,(H,22,23,29)/t15-,18-,19-,20-/m1/s1. The molecule has 1 aliphatic heterocycles.